The Bertz CT molecular complexity index is 754. The zero-order valence-corrected chi connectivity index (χ0v) is 15.7. The Morgan fingerprint density at radius 1 is 1.12 bits per heavy atom. The molecule has 0 saturated carbocycles. The Morgan fingerprint density at radius 3 is 2.52 bits per heavy atom. The molecule has 132 valence electrons. The van der Waals surface area contributed by atoms with E-state index < -0.39 is 0 Å². The smallest absolute Gasteiger partial charge is 0.257 e. The van der Waals surface area contributed by atoms with Gasteiger partial charge in [-0.15, -0.1) is 0 Å². The Balaban J connectivity index is 1.92. The lowest BCUT2D eigenvalue weighted by Gasteiger charge is -2.12. The first kappa shape index (κ1) is 19.5. The summed E-state index contributed by atoms with van der Waals surface area (Å²) in [7, 11) is 1.60. The van der Waals surface area contributed by atoms with Crippen LogP contribution >= 0.6 is 35.4 Å². The highest BCUT2D eigenvalue weighted by atomic mass is 35.5. The van der Waals surface area contributed by atoms with Crippen LogP contribution in [0.15, 0.2) is 42.5 Å². The van der Waals surface area contributed by atoms with Crippen molar-refractivity contribution >= 4 is 52.1 Å². The molecule has 0 radical (unpaired) electrons. The molecule has 0 spiro atoms. The molecular formula is C17H16Cl2N2O3S. The summed E-state index contributed by atoms with van der Waals surface area (Å²) in [6.07, 6.45) is 0. The first-order valence-electron chi connectivity index (χ1n) is 7.29. The third kappa shape index (κ3) is 5.86. The molecule has 8 heteroatoms. The van der Waals surface area contributed by atoms with Crippen molar-refractivity contribution in [1.82, 2.24) is 5.32 Å². The number of halogens is 2. The van der Waals surface area contributed by atoms with Gasteiger partial charge in [-0.05, 0) is 48.6 Å². The van der Waals surface area contributed by atoms with E-state index in [9.17, 15) is 4.79 Å². The molecule has 2 rings (SSSR count). The molecule has 0 fully saturated rings. The van der Waals surface area contributed by atoms with Crippen LogP contribution in [-0.4, -0.2) is 31.3 Å². The minimum absolute atomic E-state index is 0.120. The normalized spacial score (nSPS) is 10.2. The van der Waals surface area contributed by atoms with Gasteiger partial charge in [-0.25, -0.2) is 0 Å². The molecular weight excluding hydrogens is 383 g/mol. The number of hydrogen-bond donors (Lipinski definition) is 2. The van der Waals surface area contributed by atoms with E-state index in [0.717, 1.165) is 0 Å². The van der Waals surface area contributed by atoms with Gasteiger partial charge in [0.05, 0.1) is 22.3 Å². The molecule has 0 atom stereocenters. The van der Waals surface area contributed by atoms with E-state index in [1.54, 1.807) is 49.6 Å². The van der Waals surface area contributed by atoms with Gasteiger partial charge in [0.2, 0.25) is 0 Å². The average molecular weight is 399 g/mol. The van der Waals surface area contributed by atoms with Crippen LogP contribution < -0.4 is 15.4 Å². The molecule has 0 heterocycles. The first-order valence-corrected chi connectivity index (χ1v) is 8.46. The molecule has 0 aliphatic carbocycles. The Kier molecular flexibility index (Phi) is 7.46. The van der Waals surface area contributed by atoms with Crippen molar-refractivity contribution in [2.24, 2.45) is 0 Å². The summed E-state index contributed by atoms with van der Waals surface area (Å²) in [4.78, 5) is 12.2. The minimum Gasteiger partial charge on any atom is -0.491 e. The predicted molar refractivity (Wildman–Crippen MR) is 104 cm³/mol. The number of ether oxygens (including phenoxy) is 2. The standard InChI is InChI=1S/C17H16Cl2N2O3S/c1-23-9-10-24-12-7-5-11(6-8-12)16(22)21-17(25)20-14-4-2-3-13(18)15(14)19/h2-8H,9-10H2,1H3,(H2,20,21,22,25). The number of nitrogens with one attached hydrogen (secondary N) is 2. The van der Waals surface area contributed by atoms with Crippen molar-refractivity contribution < 1.29 is 14.3 Å². The number of carbonyl (C=O) groups is 1. The number of hydrogen-bond acceptors (Lipinski definition) is 4. The van der Waals surface area contributed by atoms with Gasteiger partial charge in [-0.2, -0.15) is 0 Å². The van der Waals surface area contributed by atoms with Gasteiger partial charge in [0.15, 0.2) is 5.11 Å². The molecule has 1 amide bonds. The van der Waals surface area contributed by atoms with Crippen LogP contribution in [0.25, 0.3) is 0 Å². The summed E-state index contributed by atoms with van der Waals surface area (Å²) in [5.41, 5.74) is 0.960. The van der Waals surface area contributed by atoms with Crippen molar-refractivity contribution in [3.8, 4) is 5.75 Å². The van der Waals surface area contributed by atoms with Crippen LogP contribution in [0.1, 0.15) is 10.4 Å². The zero-order chi connectivity index (χ0) is 18.2. The van der Waals surface area contributed by atoms with Gasteiger partial charge in [-0.3, -0.25) is 10.1 Å². The summed E-state index contributed by atoms with van der Waals surface area (Å²) >= 11 is 17.1. The Labute approximate surface area is 161 Å². The third-order valence-electron chi connectivity index (χ3n) is 3.10. The number of carbonyl (C=O) groups excluding carboxylic acids is 1. The largest absolute Gasteiger partial charge is 0.491 e. The van der Waals surface area contributed by atoms with Crippen molar-refractivity contribution in [3.05, 3.63) is 58.1 Å². The van der Waals surface area contributed by atoms with Gasteiger partial charge in [0.1, 0.15) is 12.4 Å². The van der Waals surface area contributed by atoms with Crippen molar-refractivity contribution in [2.75, 3.05) is 25.6 Å². The van der Waals surface area contributed by atoms with E-state index in [-0.39, 0.29) is 11.0 Å². The molecule has 2 aromatic rings. The Hall–Kier alpha value is -1.86. The van der Waals surface area contributed by atoms with Gasteiger partial charge in [0, 0.05) is 12.7 Å². The maximum Gasteiger partial charge on any atom is 0.257 e. The zero-order valence-electron chi connectivity index (χ0n) is 13.3. The summed E-state index contributed by atoms with van der Waals surface area (Å²) in [5, 5.41) is 6.27. The summed E-state index contributed by atoms with van der Waals surface area (Å²) in [6.45, 7) is 0.935. The highest BCUT2D eigenvalue weighted by molar-refractivity contribution is 7.80. The molecule has 2 aromatic carbocycles. The summed E-state index contributed by atoms with van der Waals surface area (Å²) in [6, 6.07) is 11.8. The van der Waals surface area contributed by atoms with Crippen LogP contribution in [0, 0.1) is 0 Å². The number of amides is 1. The van der Waals surface area contributed by atoms with Crippen LogP contribution in [-0.2, 0) is 4.74 Å². The van der Waals surface area contributed by atoms with E-state index >= 15 is 0 Å². The Morgan fingerprint density at radius 2 is 1.84 bits per heavy atom. The van der Waals surface area contributed by atoms with E-state index in [4.69, 9.17) is 44.9 Å². The van der Waals surface area contributed by atoms with Gasteiger partial charge < -0.3 is 14.8 Å². The molecule has 2 N–H and O–H groups in total. The lowest BCUT2D eigenvalue weighted by Crippen LogP contribution is -2.34. The highest BCUT2D eigenvalue weighted by Gasteiger charge is 2.10. The molecule has 25 heavy (non-hydrogen) atoms. The fourth-order valence-corrected chi connectivity index (χ4v) is 2.42. The number of thiocarbonyl (C=S) groups is 1. The molecule has 0 saturated heterocycles. The van der Waals surface area contributed by atoms with E-state index in [2.05, 4.69) is 10.6 Å². The maximum absolute atomic E-state index is 12.2. The van der Waals surface area contributed by atoms with Gasteiger partial charge >= 0.3 is 0 Å². The van der Waals surface area contributed by atoms with Crippen molar-refractivity contribution in [1.29, 1.82) is 0 Å². The second-order valence-corrected chi connectivity index (χ2v) is 6.07. The second kappa shape index (κ2) is 9.58. The lowest BCUT2D eigenvalue weighted by molar-refractivity contribution is 0.0977. The highest BCUT2D eigenvalue weighted by Crippen LogP contribution is 2.29. The average Bonchev–Trinajstić information content (AvgIpc) is 2.59. The van der Waals surface area contributed by atoms with E-state index in [1.807, 2.05) is 0 Å². The predicted octanol–water partition coefficient (Wildman–Crippen LogP) is 4.15. The molecule has 0 aliphatic heterocycles. The molecule has 0 aliphatic rings. The fourth-order valence-electron chi connectivity index (χ4n) is 1.87. The van der Waals surface area contributed by atoms with Crippen molar-refractivity contribution in [2.45, 2.75) is 0 Å². The van der Waals surface area contributed by atoms with Gasteiger partial charge in [-0.1, -0.05) is 29.3 Å². The maximum atomic E-state index is 12.2. The topological polar surface area (TPSA) is 59.6 Å². The SMILES string of the molecule is COCCOc1ccc(C(=O)NC(=S)Nc2cccc(Cl)c2Cl)cc1. The summed E-state index contributed by atoms with van der Waals surface area (Å²) in [5.74, 6) is 0.305. The number of benzene rings is 2. The number of anilines is 1. The van der Waals surface area contributed by atoms with Crippen LogP contribution in [0.2, 0.25) is 10.0 Å². The summed E-state index contributed by atoms with van der Waals surface area (Å²) < 4.78 is 10.3. The first-order chi connectivity index (χ1) is 12.0. The van der Waals surface area contributed by atoms with Gasteiger partial charge in [0.25, 0.3) is 5.91 Å². The van der Waals surface area contributed by atoms with Crippen LogP contribution in [0.5, 0.6) is 5.75 Å². The van der Waals surface area contributed by atoms with E-state index in [1.165, 1.54) is 0 Å². The van der Waals surface area contributed by atoms with Crippen LogP contribution in [0.4, 0.5) is 5.69 Å². The molecule has 5 nitrogen and oxygen atoms in total. The number of rotatable bonds is 6. The molecule has 0 unspecified atom stereocenters. The van der Waals surface area contributed by atoms with E-state index in [0.29, 0.717) is 40.3 Å². The molecule has 0 aromatic heterocycles. The third-order valence-corrected chi connectivity index (χ3v) is 4.12. The lowest BCUT2D eigenvalue weighted by atomic mass is 10.2. The monoisotopic (exact) mass is 398 g/mol. The van der Waals surface area contributed by atoms with Crippen LogP contribution in [0.3, 0.4) is 0 Å². The van der Waals surface area contributed by atoms with Crippen molar-refractivity contribution in [3.63, 3.8) is 0 Å². The molecule has 0 bridgehead atoms. The fraction of sp³-hybridized carbons (Fsp3) is 0.176. The minimum atomic E-state index is -0.348. The quantitative estimate of drug-likeness (QED) is 0.565. The number of methoxy groups -OCH3 is 1. The second-order valence-electron chi connectivity index (χ2n) is 4.88.